The first-order valence-corrected chi connectivity index (χ1v) is 6.80. The van der Waals surface area contributed by atoms with Gasteiger partial charge in [-0.05, 0) is 36.8 Å². The Morgan fingerprint density at radius 2 is 2.05 bits per heavy atom. The molecule has 0 aliphatic rings. The number of carbonyl (C=O) groups is 1. The van der Waals surface area contributed by atoms with Gasteiger partial charge in [-0.15, -0.1) is 0 Å². The zero-order chi connectivity index (χ0) is 15.0. The Hall–Kier alpha value is -2.57. The maximum absolute atomic E-state index is 12.6. The molecule has 4 heteroatoms. The highest BCUT2D eigenvalue weighted by Crippen LogP contribution is 2.24. The summed E-state index contributed by atoms with van der Waals surface area (Å²) in [6.45, 7) is 1.89. The molecule has 0 radical (unpaired) electrons. The number of halogens is 1. The Morgan fingerprint density at radius 3 is 2.76 bits per heavy atom. The largest absolute Gasteiger partial charge is 0.360 e. The Bertz CT molecular complexity index is 903. The molecule has 0 aliphatic carbocycles. The number of hydrogen-bond acceptors (Lipinski definition) is 2. The number of hydrogen-bond donors (Lipinski definition) is 1. The van der Waals surface area contributed by atoms with Crippen molar-refractivity contribution >= 4 is 28.3 Å². The number of aromatic amines is 1. The van der Waals surface area contributed by atoms with Gasteiger partial charge in [0.25, 0.3) is 0 Å². The van der Waals surface area contributed by atoms with Crippen LogP contribution in [0, 0.1) is 18.3 Å². The van der Waals surface area contributed by atoms with Crippen molar-refractivity contribution in [2.45, 2.75) is 6.92 Å². The van der Waals surface area contributed by atoms with Crippen molar-refractivity contribution in [1.82, 2.24) is 4.98 Å². The number of aromatic nitrogens is 1. The topological polar surface area (TPSA) is 56.6 Å². The summed E-state index contributed by atoms with van der Waals surface area (Å²) in [7, 11) is 0. The molecular weight excluding hydrogens is 284 g/mol. The van der Waals surface area contributed by atoms with Crippen LogP contribution in [-0.2, 0) is 0 Å². The molecule has 3 aromatic rings. The second kappa shape index (κ2) is 5.08. The number of benzene rings is 2. The van der Waals surface area contributed by atoms with E-state index in [4.69, 9.17) is 16.9 Å². The lowest BCUT2D eigenvalue weighted by Crippen LogP contribution is -2.00. The van der Waals surface area contributed by atoms with E-state index in [1.54, 1.807) is 36.5 Å². The van der Waals surface area contributed by atoms with Gasteiger partial charge >= 0.3 is 0 Å². The quantitative estimate of drug-likeness (QED) is 0.719. The van der Waals surface area contributed by atoms with Crippen molar-refractivity contribution in [3.8, 4) is 6.07 Å². The first kappa shape index (κ1) is 13.4. The summed E-state index contributed by atoms with van der Waals surface area (Å²) in [6.07, 6.45) is 1.67. The van der Waals surface area contributed by atoms with Gasteiger partial charge in [0, 0.05) is 33.2 Å². The van der Waals surface area contributed by atoms with Gasteiger partial charge in [-0.2, -0.15) is 5.26 Å². The molecule has 0 aliphatic heterocycles. The lowest BCUT2D eigenvalue weighted by atomic mass is 10.0. The molecule has 0 unspecified atom stereocenters. The van der Waals surface area contributed by atoms with Crippen LogP contribution in [-0.4, -0.2) is 10.8 Å². The van der Waals surface area contributed by atoms with Gasteiger partial charge in [-0.3, -0.25) is 4.79 Å². The standard InChI is InChI=1S/C17H11ClN2O/c1-10-2-4-12(7-15(10)18)17(21)14-9-20-16-5-3-11(8-19)6-13(14)16/h2-7,9,20H,1H3. The maximum atomic E-state index is 12.6. The third kappa shape index (κ3) is 2.31. The predicted octanol–water partition coefficient (Wildman–Crippen LogP) is 4.23. The Balaban J connectivity index is 2.13. The van der Waals surface area contributed by atoms with Gasteiger partial charge in [-0.25, -0.2) is 0 Å². The number of nitrogens with zero attached hydrogens (tertiary/aromatic N) is 1. The SMILES string of the molecule is Cc1ccc(C(=O)c2c[nH]c3ccc(C#N)cc23)cc1Cl. The van der Waals surface area contributed by atoms with Crippen molar-refractivity contribution < 1.29 is 4.79 Å². The molecule has 0 atom stereocenters. The van der Waals surface area contributed by atoms with E-state index in [2.05, 4.69) is 11.1 Å². The number of H-pyrrole nitrogens is 1. The molecule has 2 aromatic carbocycles. The molecule has 0 saturated carbocycles. The normalized spacial score (nSPS) is 10.5. The van der Waals surface area contributed by atoms with Crippen LogP contribution in [0.2, 0.25) is 5.02 Å². The smallest absolute Gasteiger partial charge is 0.195 e. The molecule has 1 aromatic heterocycles. The van der Waals surface area contributed by atoms with E-state index in [1.165, 1.54) is 0 Å². The molecular formula is C17H11ClN2O. The summed E-state index contributed by atoms with van der Waals surface area (Å²) < 4.78 is 0. The van der Waals surface area contributed by atoms with Crippen molar-refractivity contribution in [2.75, 3.05) is 0 Å². The fourth-order valence-corrected chi connectivity index (χ4v) is 2.45. The third-order valence-electron chi connectivity index (χ3n) is 3.49. The number of aryl methyl sites for hydroxylation is 1. The third-order valence-corrected chi connectivity index (χ3v) is 3.90. The van der Waals surface area contributed by atoms with Gasteiger partial charge in [0.1, 0.15) is 0 Å². The number of rotatable bonds is 2. The van der Waals surface area contributed by atoms with Gasteiger partial charge < -0.3 is 4.98 Å². The highest BCUT2D eigenvalue weighted by molar-refractivity contribution is 6.32. The summed E-state index contributed by atoms with van der Waals surface area (Å²) in [5, 5.41) is 10.3. The van der Waals surface area contributed by atoms with E-state index >= 15 is 0 Å². The summed E-state index contributed by atoms with van der Waals surface area (Å²) in [5.74, 6) is -0.113. The Labute approximate surface area is 126 Å². The van der Waals surface area contributed by atoms with Crippen molar-refractivity contribution in [3.63, 3.8) is 0 Å². The predicted molar refractivity (Wildman–Crippen MR) is 82.6 cm³/mol. The summed E-state index contributed by atoms with van der Waals surface area (Å²) in [5.41, 5.74) is 3.36. The molecule has 3 nitrogen and oxygen atoms in total. The number of ketones is 1. The first-order valence-electron chi connectivity index (χ1n) is 6.42. The van der Waals surface area contributed by atoms with Gasteiger partial charge in [0.2, 0.25) is 0 Å². The summed E-state index contributed by atoms with van der Waals surface area (Å²) in [4.78, 5) is 15.7. The van der Waals surface area contributed by atoms with Crippen LogP contribution in [0.3, 0.4) is 0 Å². The van der Waals surface area contributed by atoms with Crippen LogP contribution >= 0.6 is 11.6 Å². The molecule has 3 rings (SSSR count). The monoisotopic (exact) mass is 294 g/mol. The molecule has 0 saturated heterocycles. The van der Waals surface area contributed by atoms with Crippen LogP contribution in [0.1, 0.15) is 27.0 Å². The second-order valence-corrected chi connectivity index (χ2v) is 5.27. The van der Waals surface area contributed by atoms with E-state index in [9.17, 15) is 4.79 Å². The van der Waals surface area contributed by atoms with Crippen LogP contribution in [0.5, 0.6) is 0 Å². The molecule has 0 amide bonds. The van der Waals surface area contributed by atoms with Crippen LogP contribution < -0.4 is 0 Å². The van der Waals surface area contributed by atoms with Crippen molar-refractivity contribution in [1.29, 1.82) is 5.26 Å². The van der Waals surface area contributed by atoms with Crippen LogP contribution in [0.4, 0.5) is 0 Å². The molecule has 0 fully saturated rings. The number of carbonyl (C=O) groups excluding carboxylic acids is 1. The number of fused-ring (bicyclic) bond motifs is 1. The van der Waals surface area contributed by atoms with E-state index in [0.717, 1.165) is 16.5 Å². The van der Waals surface area contributed by atoms with Gasteiger partial charge in [-0.1, -0.05) is 23.7 Å². The molecule has 21 heavy (non-hydrogen) atoms. The van der Waals surface area contributed by atoms with E-state index < -0.39 is 0 Å². The first-order chi connectivity index (χ1) is 10.1. The minimum Gasteiger partial charge on any atom is -0.360 e. The van der Waals surface area contributed by atoms with E-state index in [1.807, 2.05) is 13.0 Å². The summed E-state index contributed by atoms with van der Waals surface area (Å²) in [6, 6.07) is 12.6. The number of nitriles is 1. The minimum absolute atomic E-state index is 0.113. The Morgan fingerprint density at radius 1 is 1.24 bits per heavy atom. The highest BCUT2D eigenvalue weighted by Gasteiger charge is 2.15. The lowest BCUT2D eigenvalue weighted by Gasteiger charge is -2.03. The zero-order valence-electron chi connectivity index (χ0n) is 11.3. The average molecular weight is 295 g/mol. The summed E-state index contributed by atoms with van der Waals surface area (Å²) >= 11 is 6.08. The van der Waals surface area contributed by atoms with Crippen LogP contribution in [0.25, 0.3) is 10.9 Å². The molecule has 102 valence electrons. The fourth-order valence-electron chi connectivity index (χ4n) is 2.27. The van der Waals surface area contributed by atoms with Gasteiger partial charge in [0.15, 0.2) is 5.78 Å². The molecule has 1 N–H and O–H groups in total. The van der Waals surface area contributed by atoms with Crippen molar-refractivity contribution in [3.05, 3.63) is 69.9 Å². The van der Waals surface area contributed by atoms with Gasteiger partial charge in [0.05, 0.1) is 11.6 Å². The van der Waals surface area contributed by atoms with E-state index in [-0.39, 0.29) is 5.78 Å². The number of nitrogens with one attached hydrogen (secondary N) is 1. The second-order valence-electron chi connectivity index (χ2n) is 4.87. The van der Waals surface area contributed by atoms with E-state index in [0.29, 0.717) is 21.7 Å². The zero-order valence-corrected chi connectivity index (χ0v) is 12.0. The molecule has 1 heterocycles. The molecule has 0 spiro atoms. The lowest BCUT2D eigenvalue weighted by molar-refractivity contribution is 0.104. The average Bonchev–Trinajstić information content (AvgIpc) is 2.92. The fraction of sp³-hybridized carbons (Fsp3) is 0.0588. The minimum atomic E-state index is -0.113. The van der Waals surface area contributed by atoms with Crippen LogP contribution in [0.15, 0.2) is 42.6 Å². The maximum Gasteiger partial charge on any atom is 0.195 e. The highest BCUT2D eigenvalue weighted by atomic mass is 35.5. The van der Waals surface area contributed by atoms with Crippen molar-refractivity contribution in [2.24, 2.45) is 0 Å². The molecule has 0 bridgehead atoms. The Kier molecular flexibility index (Phi) is 3.25.